The smallest absolute Gasteiger partial charge is 0.232 e. The maximum Gasteiger partial charge on any atom is 0.232 e. The topological polar surface area (TPSA) is 66.5 Å². The number of nitrogens with zero attached hydrogens (tertiary/aromatic N) is 1. The molecule has 5 nitrogen and oxygen atoms in total. The van der Waals surface area contributed by atoms with Crippen molar-refractivity contribution in [2.24, 2.45) is 0 Å². The minimum Gasteiger partial charge on any atom is -0.353 e. The summed E-state index contributed by atoms with van der Waals surface area (Å²) in [6.45, 7) is 0.0298. The monoisotopic (exact) mass is 360 g/mol. The van der Waals surface area contributed by atoms with Crippen molar-refractivity contribution in [2.75, 3.05) is 17.1 Å². The highest BCUT2D eigenvalue weighted by molar-refractivity contribution is 7.92. The van der Waals surface area contributed by atoms with Crippen LogP contribution in [-0.4, -0.2) is 33.2 Å². The van der Waals surface area contributed by atoms with Crippen molar-refractivity contribution in [3.05, 3.63) is 29.8 Å². The fourth-order valence-electron chi connectivity index (χ4n) is 2.88. The van der Waals surface area contributed by atoms with Gasteiger partial charge in [0.05, 0.1) is 11.9 Å². The van der Waals surface area contributed by atoms with Gasteiger partial charge in [-0.25, -0.2) is 17.2 Å². The van der Waals surface area contributed by atoms with Gasteiger partial charge in [-0.05, 0) is 31.4 Å². The van der Waals surface area contributed by atoms with Gasteiger partial charge >= 0.3 is 0 Å². The molecule has 1 aliphatic rings. The molecule has 24 heavy (non-hydrogen) atoms. The van der Waals surface area contributed by atoms with Gasteiger partial charge in [0.1, 0.15) is 0 Å². The summed E-state index contributed by atoms with van der Waals surface area (Å²) in [6, 6.07) is 3.15. The Bertz CT molecular complexity index is 689. The first-order valence-electron chi connectivity index (χ1n) is 7.99. The third kappa shape index (κ3) is 5.15. The third-order valence-electron chi connectivity index (χ3n) is 4.08. The van der Waals surface area contributed by atoms with E-state index in [9.17, 15) is 22.0 Å². The summed E-state index contributed by atoms with van der Waals surface area (Å²) in [5.41, 5.74) is 0.0487. The van der Waals surface area contributed by atoms with Crippen molar-refractivity contribution >= 4 is 21.6 Å². The molecule has 1 fully saturated rings. The number of sulfonamides is 1. The van der Waals surface area contributed by atoms with Crippen LogP contribution in [0.2, 0.25) is 0 Å². The number of amides is 1. The summed E-state index contributed by atoms with van der Waals surface area (Å²) >= 11 is 0. The molecule has 0 spiro atoms. The van der Waals surface area contributed by atoms with Crippen molar-refractivity contribution < 1.29 is 22.0 Å². The number of nitrogens with one attached hydrogen (secondary N) is 1. The number of carbonyl (C=O) groups excluding carboxylic acids is 1. The molecular weight excluding hydrogens is 338 g/mol. The van der Waals surface area contributed by atoms with E-state index < -0.39 is 21.7 Å². The molecular formula is C16H22F2N2O3S. The van der Waals surface area contributed by atoms with Crippen molar-refractivity contribution in [3.8, 4) is 0 Å². The van der Waals surface area contributed by atoms with Gasteiger partial charge in [0.25, 0.3) is 0 Å². The van der Waals surface area contributed by atoms with E-state index in [4.69, 9.17) is 0 Å². The first-order valence-corrected chi connectivity index (χ1v) is 9.84. The average molecular weight is 360 g/mol. The Balaban J connectivity index is 1.94. The van der Waals surface area contributed by atoms with E-state index in [1.54, 1.807) is 0 Å². The van der Waals surface area contributed by atoms with Gasteiger partial charge in [0, 0.05) is 25.1 Å². The lowest BCUT2D eigenvalue weighted by atomic mass is 10.2. The molecule has 1 aromatic rings. The fourth-order valence-corrected chi connectivity index (χ4v) is 3.84. The molecule has 0 unspecified atom stereocenters. The molecule has 1 amide bonds. The Hall–Kier alpha value is -1.70. The van der Waals surface area contributed by atoms with E-state index >= 15 is 0 Å². The molecule has 134 valence electrons. The lowest BCUT2D eigenvalue weighted by Gasteiger charge is -2.22. The molecule has 0 radical (unpaired) electrons. The zero-order chi connectivity index (χ0) is 17.7. The van der Waals surface area contributed by atoms with Crippen LogP contribution in [0.25, 0.3) is 0 Å². The predicted molar refractivity (Wildman–Crippen MR) is 88.2 cm³/mol. The number of rotatable bonds is 7. The minimum absolute atomic E-state index is 0.0298. The Morgan fingerprint density at radius 2 is 1.92 bits per heavy atom. The van der Waals surface area contributed by atoms with Gasteiger partial charge in [-0.3, -0.25) is 9.10 Å². The highest BCUT2D eigenvalue weighted by Gasteiger charge is 2.20. The second-order valence-corrected chi connectivity index (χ2v) is 7.99. The summed E-state index contributed by atoms with van der Waals surface area (Å²) in [5.74, 6) is -2.26. The maximum atomic E-state index is 13.3. The van der Waals surface area contributed by atoms with Gasteiger partial charge in [0.2, 0.25) is 15.9 Å². The van der Waals surface area contributed by atoms with Crippen molar-refractivity contribution in [1.82, 2.24) is 5.32 Å². The van der Waals surface area contributed by atoms with Crippen LogP contribution in [-0.2, 0) is 14.8 Å². The van der Waals surface area contributed by atoms with Crippen LogP contribution in [0, 0.1) is 11.6 Å². The van der Waals surface area contributed by atoms with Crippen LogP contribution in [0.3, 0.4) is 0 Å². The fraction of sp³-hybridized carbons (Fsp3) is 0.562. The SMILES string of the molecule is CS(=O)(=O)N(CCCC(=O)NC1CCCC1)c1ccc(F)c(F)c1. The molecule has 1 aliphatic carbocycles. The van der Waals surface area contributed by atoms with E-state index in [2.05, 4.69) is 5.32 Å². The maximum absolute atomic E-state index is 13.3. The van der Waals surface area contributed by atoms with E-state index in [1.165, 1.54) is 6.07 Å². The summed E-state index contributed by atoms with van der Waals surface area (Å²) in [7, 11) is -3.66. The van der Waals surface area contributed by atoms with E-state index in [0.29, 0.717) is 6.42 Å². The van der Waals surface area contributed by atoms with Gasteiger partial charge in [-0.2, -0.15) is 0 Å². The van der Waals surface area contributed by atoms with Crippen LogP contribution in [0.5, 0.6) is 0 Å². The van der Waals surface area contributed by atoms with Crippen LogP contribution >= 0.6 is 0 Å². The molecule has 0 saturated heterocycles. The number of carbonyl (C=O) groups is 1. The van der Waals surface area contributed by atoms with Gasteiger partial charge < -0.3 is 5.32 Å². The Morgan fingerprint density at radius 1 is 1.25 bits per heavy atom. The third-order valence-corrected chi connectivity index (χ3v) is 5.27. The highest BCUT2D eigenvalue weighted by atomic mass is 32.2. The quantitative estimate of drug-likeness (QED) is 0.813. The Morgan fingerprint density at radius 3 is 2.50 bits per heavy atom. The standard InChI is InChI=1S/C16H22F2N2O3S/c1-24(22,23)20(13-8-9-14(17)15(18)11-13)10-4-7-16(21)19-12-5-2-3-6-12/h8-9,11-12H,2-7,10H2,1H3,(H,19,21). The molecule has 1 saturated carbocycles. The molecule has 0 bridgehead atoms. The molecule has 0 aromatic heterocycles. The summed E-state index contributed by atoms with van der Waals surface area (Å²) in [4.78, 5) is 11.9. The van der Waals surface area contributed by atoms with E-state index in [1.807, 2.05) is 0 Å². The van der Waals surface area contributed by atoms with Crippen molar-refractivity contribution in [1.29, 1.82) is 0 Å². The number of anilines is 1. The first-order chi connectivity index (χ1) is 11.3. The second-order valence-electron chi connectivity index (χ2n) is 6.09. The number of hydrogen-bond donors (Lipinski definition) is 1. The van der Waals surface area contributed by atoms with E-state index in [0.717, 1.165) is 48.4 Å². The molecule has 1 aromatic carbocycles. The van der Waals surface area contributed by atoms with Crippen molar-refractivity contribution in [3.63, 3.8) is 0 Å². The number of benzene rings is 1. The van der Waals surface area contributed by atoms with Gasteiger partial charge in [-0.15, -0.1) is 0 Å². The molecule has 0 aliphatic heterocycles. The van der Waals surface area contributed by atoms with Crippen LogP contribution in [0.4, 0.5) is 14.5 Å². The van der Waals surface area contributed by atoms with E-state index in [-0.39, 0.29) is 30.6 Å². The normalized spacial score (nSPS) is 15.5. The van der Waals surface area contributed by atoms with Crippen LogP contribution < -0.4 is 9.62 Å². The van der Waals surface area contributed by atoms with Gasteiger partial charge in [0.15, 0.2) is 11.6 Å². The lowest BCUT2D eigenvalue weighted by molar-refractivity contribution is -0.121. The molecule has 2 rings (SSSR count). The predicted octanol–water partition coefficient (Wildman–Crippen LogP) is 2.57. The second kappa shape index (κ2) is 7.92. The number of hydrogen-bond acceptors (Lipinski definition) is 3. The molecule has 0 heterocycles. The lowest BCUT2D eigenvalue weighted by Crippen LogP contribution is -2.34. The molecule has 8 heteroatoms. The summed E-state index contributed by atoms with van der Waals surface area (Å²) in [5, 5.41) is 2.93. The number of halogens is 2. The first kappa shape index (κ1) is 18.6. The highest BCUT2D eigenvalue weighted by Crippen LogP contribution is 2.21. The largest absolute Gasteiger partial charge is 0.353 e. The minimum atomic E-state index is -3.66. The zero-order valence-corrected chi connectivity index (χ0v) is 14.4. The summed E-state index contributed by atoms with van der Waals surface area (Å²) < 4.78 is 51.1. The Labute approximate surface area is 141 Å². The zero-order valence-electron chi connectivity index (χ0n) is 13.6. The van der Waals surface area contributed by atoms with Crippen LogP contribution in [0.15, 0.2) is 18.2 Å². The molecule has 0 atom stereocenters. The average Bonchev–Trinajstić information content (AvgIpc) is 2.98. The summed E-state index contributed by atoms with van der Waals surface area (Å²) in [6.07, 6.45) is 5.67. The van der Waals surface area contributed by atoms with Crippen LogP contribution in [0.1, 0.15) is 38.5 Å². The Kier molecular flexibility index (Phi) is 6.15. The van der Waals surface area contributed by atoms with Gasteiger partial charge in [-0.1, -0.05) is 12.8 Å². The van der Waals surface area contributed by atoms with Crippen molar-refractivity contribution in [2.45, 2.75) is 44.6 Å². The molecule has 1 N–H and O–H groups in total.